The minimum absolute atomic E-state index is 0.668. The van der Waals surface area contributed by atoms with Gasteiger partial charge >= 0.3 is 23.9 Å². The number of halogens is 1. The first-order valence-electron chi connectivity index (χ1n) is 6.56. The second kappa shape index (κ2) is 8.25. The molecule has 0 spiro atoms. The minimum atomic E-state index is -1.36. The first-order valence-corrected chi connectivity index (χ1v) is 7.48. The zero-order valence-corrected chi connectivity index (χ0v) is 14.5. The maximum atomic E-state index is 11.9. The smallest absolute Gasteiger partial charge is 0.339 e. The van der Waals surface area contributed by atoms with Crippen molar-refractivity contribution in [2.75, 3.05) is 7.11 Å². The van der Waals surface area contributed by atoms with Gasteiger partial charge in [0, 0.05) is 20.8 Å². The summed E-state index contributed by atoms with van der Waals surface area (Å²) in [6, 6.07) is 0. The largest absolute Gasteiger partial charge is 0.467 e. The Morgan fingerprint density at radius 2 is 1.26 bits per heavy atom. The van der Waals surface area contributed by atoms with Crippen LogP contribution in [-0.4, -0.2) is 60.4 Å². The summed E-state index contributed by atoms with van der Waals surface area (Å²) in [6.45, 7) is 3.39. The third kappa shape index (κ3) is 5.17. The molecule has 23 heavy (non-hydrogen) atoms. The van der Waals surface area contributed by atoms with Crippen LogP contribution in [0.5, 0.6) is 0 Å². The second-order valence-corrected chi connectivity index (χ2v) is 5.56. The highest BCUT2D eigenvalue weighted by atomic mass is 79.9. The normalized spacial score (nSPS) is 30.0. The molecular weight excluding hydrogens is 380 g/mol. The maximum Gasteiger partial charge on any atom is 0.339 e. The Balaban J connectivity index is 3.21. The first-order chi connectivity index (χ1) is 10.7. The second-order valence-electron chi connectivity index (χ2n) is 4.65. The van der Waals surface area contributed by atoms with Gasteiger partial charge in [-0.05, 0) is 0 Å². The number of esters is 4. The highest BCUT2D eigenvalue weighted by Crippen LogP contribution is 2.31. The van der Waals surface area contributed by atoms with Gasteiger partial charge in [0.2, 0.25) is 0 Å². The van der Waals surface area contributed by atoms with Gasteiger partial charge in [-0.1, -0.05) is 15.9 Å². The molecule has 0 bridgehead atoms. The molecule has 1 aliphatic rings. The van der Waals surface area contributed by atoms with Gasteiger partial charge in [-0.3, -0.25) is 14.4 Å². The van der Waals surface area contributed by atoms with Gasteiger partial charge in [0.05, 0.1) is 7.11 Å². The number of alkyl halides is 1. The van der Waals surface area contributed by atoms with E-state index < -0.39 is 53.3 Å². The molecular formula is C13H17BrO9. The summed E-state index contributed by atoms with van der Waals surface area (Å²) in [7, 11) is 1.12. The van der Waals surface area contributed by atoms with E-state index in [9.17, 15) is 19.2 Å². The zero-order valence-electron chi connectivity index (χ0n) is 12.9. The molecule has 0 aromatic carbocycles. The number of ether oxygens (including phenoxy) is 5. The van der Waals surface area contributed by atoms with Crippen LogP contribution in [0, 0.1) is 0 Å². The van der Waals surface area contributed by atoms with Crippen molar-refractivity contribution in [1.29, 1.82) is 0 Å². The predicted octanol–water partition coefficient (Wildman–Crippen LogP) is 0.0743. The molecule has 1 rings (SSSR count). The van der Waals surface area contributed by atoms with E-state index >= 15 is 0 Å². The van der Waals surface area contributed by atoms with E-state index in [-0.39, 0.29) is 0 Å². The lowest BCUT2D eigenvalue weighted by Gasteiger charge is -2.41. The Bertz CT molecular complexity index is 492. The van der Waals surface area contributed by atoms with Crippen molar-refractivity contribution in [2.24, 2.45) is 0 Å². The molecule has 0 aromatic rings. The van der Waals surface area contributed by atoms with Crippen LogP contribution in [0.1, 0.15) is 20.8 Å². The lowest BCUT2D eigenvalue weighted by Crippen LogP contribution is -2.61. The summed E-state index contributed by atoms with van der Waals surface area (Å²) in [6.07, 6.45) is -5.06. The third-order valence-corrected chi connectivity index (χ3v) is 3.56. The quantitative estimate of drug-likeness (QED) is 0.369. The monoisotopic (exact) mass is 396 g/mol. The van der Waals surface area contributed by atoms with E-state index in [1.165, 1.54) is 0 Å². The van der Waals surface area contributed by atoms with Crippen LogP contribution in [0.25, 0.3) is 0 Å². The summed E-state index contributed by atoms with van der Waals surface area (Å²) in [5, 5.41) is -0.980. The predicted molar refractivity (Wildman–Crippen MR) is 76.3 cm³/mol. The summed E-state index contributed by atoms with van der Waals surface area (Å²) < 4.78 is 25.2. The zero-order chi connectivity index (χ0) is 17.7. The fourth-order valence-electron chi connectivity index (χ4n) is 2.07. The molecule has 5 atom stereocenters. The van der Waals surface area contributed by atoms with Crippen molar-refractivity contribution in [3.05, 3.63) is 0 Å². The van der Waals surface area contributed by atoms with Crippen LogP contribution in [-0.2, 0) is 42.9 Å². The first kappa shape index (κ1) is 19.4. The Morgan fingerprint density at radius 3 is 1.70 bits per heavy atom. The third-order valence-electron chi connectivity index (χ3n) is 2.82. The average molecular weight is 397 g/mol. The fourth-order valence-corrected chi connectivity index (χ4v) is 2.71. The van der Waals surface area contributed by atoms with Gasteiger partial charge in [0.1, 0.15) is 0 Å². The minimum Gasteiger partial charge on any atom is -0.467 e. The standard InChI is InChI=1S/C13H17BrO9/c1-5(15)20-8-9(21-6(2)16)11(13(18)19-4)23-12(14)10(8)22-7(3)17/h8-12H,1-4H3/t8?,9?,10?,11-,12+/m0/s1. The van der Waals surface area contributed by atoms with E-state index in [1.54, 1.807) is 0 Å². The molecule has 0 aliphatic carbocycles. The average Bonchev–Trinajstić information content (AvgIpc) is 2.43. The van der Waals surface area contributed by atoms with Gasteiger partial charge in [0.15, 0.2) is 29.4 Å². The van der Waals surface area contributed by atoms with E-state index in [4.69, 9.17) is 18.9 Å². The Hall–Kier alpha value is -1.68. The van der Waals surface area contributed by atoms with Gasteiger partial charge in [0.25, 0.3) is 0 Å². The highest BCUT2D eigenvalue weighted by Gasteiger charge is 2.53. The molecule has 1 saturated heterocycles. The molecule has 0 saturated carbocycles. The van der Waals surface area contributed by atoms with Gasteiger partial charge in [-0.2, -0.15) is 0 Å². The van der Waals surface area contributed by atoms with Crippen molar-refractivity contribution in [3.63, 3.8) is 0 Å². The summed E-state index contributed by atoms with van der Waals surface area (Å²) in [4.78, 5) is 45.8. The molecule has 10 heteroatoms. The Morgan fingerprint density at radius 1 is 0.826 bits per heavy atom. The molecule has 3 unspecified atom stereocenters. The number of rotatable bonds is 4. The summed E-state index contributed by atoms with van der Waals surface area (Å²) in [5.41, 5.74) is 0. The van der Waals surface area contributed by atoms with Crippen molar-refractivity contribution in [1.82, 2.24) is 0 Å². The number of methoxy groups -OCH3 is 1. The van der Waals surface area contributed by atoms with Crippen molar-refractivity contribution >= 4 is 39.8 Å². The van der Waals surface area contributed by atoms with E-state index in [0.29, 0.717) is 0 Å². The Kier molecular flexibility index (Phi) is 6.95. The summed E-state index contributed by atoms with van der Waals surface area (Å²) in [5.74, 6) is -2.95. The van der Waals surface area contributed by atoms with Crippen molar-refractivity contribution in [2.45, 2.75) is 50.2 Å². The van der Waals surface area contributed by atoms with Crippen LogP contribution in [0.3, 0.4) is 0 Å². The Labute approximate surface area is 140 Å². The molecule has 0 radical (unpaired) electrons. The SMILES string of the molecule is COC(=O)[C@H]1O[C@@H](Br)C(OC(C)=O)C(OC(C)=O)C1OC(C)=O. The molecule has 1 heterocycles. The van der Waals surface area contributed by atoms with Crippen molar-refractivity contribution in [3.8, 4) is 0 Å². The molecule has 9 nitrogen and oxygen atoms in total. The number of carbonyl (C=O) groups is 4. The van der Waals surface area contributed by atoms with Gasteiger partial charge < -0.3 is 23.7 Å². The molecule has 130 valence electrons. The summed E-state index contributed by atoms with van der Waals surface area (Å²) >= 11 is 3.11. The van der Waals surface area contributed by atoms with Crippen LogP contribution in [0.15, 0.2) is 0 Å². The van der Waals surface area contributed by atoms with E-state index in [2.05, 4.69) is 20.7 Å². The molecule has 0 amide bonds. The molecule has 1 aliphatic heterocycles. The molecule has 0 N–H and O–H groups in total. The molecule has 1 fully saturated rings. The maximum absolute atomic E-state index is 11.9. The van der Waals surface area contributed by atoms with E-state index in [0.717, 1.165) is 27.9 Å². The van der Waals surface area contributed by atoms with Gasteiger partial charge in [-0.25, -0.2) is 4.79 Å². The number of hydrogen-bond acceptors (Lipinski definition) is 9. The van der Waals surface area contributed by atoms with Crippen LogP contribution in [0.2, 0.25) is 0 Å². The van der Waals surface area contributed by atoms with Crippen molar-refractivity contribution < 1.29 is 42.9 Å². The number of hydrogen-bond donors (Lipinski definition) is 0. The van der Waals surface area contributed by atoms with E-state index in [1.807, 2.05) is 0 Å². The lowest BCUT2D eigenvalue weighted by molar-refractivity contribution is -0.234. The van der Waals surface area contributed by atoms with Gasteiger partial charge in [-0.15, -0.1) is 0 Å². The van der Waals surface area contributed by atoms with Crippen LogP contribution in [0.4, 0.5) is 0 Å². The topological polar surface area (TPSA) is 114 Å². The van der Waals surface area contributed by atoms with Crippen LogP contribution < -0.4 is 0 Å². The highest BCUT2D eigenvalue weighted by molar-refractivity contribution is 9.09. The fraction of sp³-hybridized carbons (Fsp3) is 0.692. The lowest BCUT2D eigenvalue weighted by atomic mass is 9.99. The number of carbonyl (C=O) groups excluding carboxylic acids is 4. The molecule has 0 aromatic heterocycles. The van der Waals surface area contributed by atoms with Crippen LogP contribution >= 0.6 is 15.9 Å².